The lowest BCUT2D eigenvalue weighted by Gasteiger charge is -2.41. The number of nitrogens with zero attached hydrogens (tertiary/aromatic N) is 3. The number of amides is 2. The number of aryl methyl sites for hydroxylation is 1. The molecule has 1 aromatic heterocycles. The third-order valence-corrected chi connectivity index (χ3v) is 7.52. The first-order chi connectivity index (χ1) is 12.6. The van der Waals surface area contributed by atoms with E-state index in [1.807, 2.05) is 11.8 Å². The van der Waals surface area contributed by atoms with Gasteiger partial charge in [0.25, 0.3) is 5.91 Å². The van der Waals surface area contributed by atoms with Gasteiger partial charge in [-0.25, -0.2) is 4.98 Å². The standard InChI is InChI=1S/C20H29N3O2S/c1-15-17(26-14-21-15)18(24)23-11-9-20(13-23)8-5-10-22(19(20)25)12-16-6-3-2-4-7-16/h14,16H,2-13H2,1H3. The summed E-state index contributed by atoms with van der Waals surface area (Å²) in [4.78, 5) is 35.1. The van der Waals surface area contributed by atoms with E-state index >= 15 is 0 Å². The van der Waals surface area contributed by atoms with Gasteiger partial charge < -0.3 is 9.80 Å². The highest BCUT2D eigenvalue weighted by Crippen LogP contribution is 2.41. The predicted octanol–water partition coefficient (Wildman–Crippen LogP) is 3.49. The van der Waals surface area contributed by atoms with Crippen LogP contribution in [-0.4, -0.2) is 52.8 Å². The SMILES string of the molecule is Cc1ncsc1C(=O)N1CCC2(CCCN(CC3CCCCC3)C2=O)C1. The third-order valence-electron chi connectivity index (χ3n) is 6.61. The number of likely N-dealkylation sites (tertiary alicyclic amines) is 2. The third kappa shape index (κ3) is 3.28. The summed E-state index contributed by atoms with van der Waals surface area (Å²) in [5.41, 5.74) is 2.20. The quantitative estimate of drug-likeness (QED) is 0.813. The van der Waals surface area contributed by atoms with Crippen LogP contribution < -0.4 is 0 Å². The molecular formula is C20H29N3O2S. The zero-order valence-electron chi connectivity index (χ0n) is 15.7. The second kappa shape index (κ2) is 7.29. The van der Waals surface area contributed by atoms with Gasteiger partial charge in [0.2, 0.25) is 5.91 Å². The van der Waals surface area contributed by atoms with Gasteiger partial charge in [0, 0.05) is 26.2 Å². The second-order valence-corrected chi connectivity index (χ2v) is 9.24. The van der Waals surface area contributed by atoms with E-state index in [1.54, 1.807) is 5.51 Å². The van der Waals surface area contributed by atoms with Crippen LogP contribution in [0.3, 0.4) is 0 Å². The highest BCUT2D eigenvalue weighted by Gasteiger charge is 2.49. The molecule has 4 rings (SSSR count). The molecule has 2 amide bonds. The van der Waals surface area contributed by atoms with E-state index in [0.717, 1.165) is 42.9 Å². The summed E-state index contributed by atoms with van der Waals surface area (Å²) < 4.78 is 0. The average molecular weight is 376 g/mol. The number of carbonyl (C=O) groups is 2. The van der Waals surface area contributed by atoms with Crippen LogP contribution in [-0.2, 0) is 4.79 Å². The van der Waals surface area contributed by atoms with Crippen molar-refractivity contribution in [3.05, 3.63) is 16.1 Å². The molecule has 0 N–H and O–H groups in total. The number of hydrogen-bond acceptors (Lipinski definition) is 4. The maximum absolute atomic E-state index is 13.3. The van der Waals surface area contributed by atoms with E-state index in [4.69, 9.17) is 0 Å². The number of thiazole rings is 1. The van der Waals surface area contributed by atoms with Crippen LogP contribution in [0.2, 0.25) is 0 Å². The normalized spacial score (nSPS) is 27.5. The second-order valence-electron chi connectivity index (χ2n) is 8.38. The van der Waals surface area contributed by atoms with Gasteiger partial charge in [-0.1, -0.05) is 19.3 Å². The lowest BCUT2D eigenvalue weighted by Crippen LogP contribution is -2.51. The Bertz CT molecular complexity index is 682. The van der Waals surface area contributed by atoms with Crippen LogP contribution in [0.1, 0.15) is 66.7 Å². The highest BCUT2D eigenvalue weighted by atomic mass is 32.1. The fourth-order valence-electron chi connectivity index (χ4n) is 5.08. The minimum absolute atomic E-state index is 0.0547. The fourth-order valence-corrected chi connectivity index (χ4v) is 5.85. The molecule has 26 heavy (non-hydrogen) atoms. The van der Waals surface area contributed by atoms with Crippen LogP contribution >= 0.6 is 11.3 Å². The molecule has 0 aromatic carbocycles. The molecule has 3 heterocycles. The van der Waals surface area contributed by atoms with Crippen molar-refractivity contribution >= 4 is 23.2 Å². The Morgan fingerprint density at radius 1 is 1.23 bits per heavy atom. The van der Waals surface area contributed by atoms with Crippen LogP contribution in [0.15, 0.2) is 5.51 Å². The first kappa shape index (κ1) is 18.0. The van der Waals surface area contributed by atoms with Crippen LogP contribution in [0.4, 0.5) is 0 Å². The summed E-state index contributed by atoms with van der Waals surface area (Å²) in [6, 6.07) is 0. The van der Waals surface area contributed by atoms with Gasteiger partial charge in [0.1, 0.15) is 4.88 Å². The molecule has 6 heteroatoms. The summed E-state index contributed by atoms with van der Waals surface area (Å²) in [5.74, 6) is 1.05. The lowest BCUT2D eigenvalue weighted by atomic mass is 9.77. The Morgan fingerprint density at radius 2 is 2.04 bits per heavy atom. The molecule has 3 fully saturated rings. The zero-order valence-corrected chi connectivity index (χ0v) is 16.5. The molecule has 5 nitrogen and oxygen atoms in total. The van der Waals surface area contributed by atoms with Crippen molar-refractivity contribution in [2.75, 3.05) is 26.2 Å². The highest BCUT2D eigenvalue weighted by molar-refractivity contribution is 7.11. The zero-order chi connectivity index (χ0) is 18.1. The van der Waals surface area contributed by atoms with E-state index in [-0.39, 0.29) is 11.3 Å². The van der Waals surface area contributed by atoms with Crippen molar-refractivity contribution in [1.82, 2.24) is 14.8 Å². The summed E-state index contributed by atoms with van der Waals surface area (Å²) >= 11 is 1.41. The van der Waals surface area contributed by atoms with Crippen LogP contribution in [0.5, 0.6) is 0 Å². The van der Waals surface area contributed by atoms with Gasteiger partial charge in [0.15, 0.2) is 0 Å². The molecule has 1 atom stereocenters. The fraction of sp³-hybridized carbons (Fsp3) is 0.750. The molecule has 0 radical (unpaired) electrons. The molecule has 2 saturated heterocycles. The molecule has 2 aliphatic heterocycles. The van der Waals surface area contributed by atoms with Gasteiger partial charge in [-0.2, -0.15) is 0 Å². The molecule has 0 bridgehead atoms. The largest absolute Gasteiger partial charge is 0.342 e. The van der Waals surface area contributed by atoms with Gasteiger partial charge in [-0.3, -0.25) is 9.59 Å². The molecule has 3 aliphatic rings. The minimum Gasteiger partial charge on any atom is -0.342 e. The molecule has 1 aliphatic carbocycles. The van der Waals surface area contributed by atoms with Crippen molar-refractivity contribution in [2.24, 2.45) is 11.3 Å². The summed E-state index contributed by atoms with van der Waals surface area (Å²) in [6.07, 6.45) is 9.33. The molecular weight excluding hydrogens is 346 g/mol. The Morgan fingerprint density at radius 3 is 2.77 bits per heavy atom. The van der Waals surface area contributed by atoms with E-state index in [9.17, 15) is 9.59 Å². The molecule has 142 valence electrons. The summed E-state index contributed by atoms with van der Waals surface area (Å²) in [7, 11) is 0. The van der Waals surface area contributed by atoms with Crippen molar-refractivity contribution in [2.45, 2.75) is 58.3 Å². The Balaban J connectivity index is 1.43. The maximum Gasteiger partial charge on any atom is 0.265 e. The van der Waals surface area contributed by atoms with Crippen molar-refractivity contribution < 1.29 is 9.59 Å². The predicted molar refractivity (Wildman–Crippen MR) is 102 cm³/mol. The van der Waals surface area contributed by atoms with Gasteiger partial charge >= 0.3 is 0 Å². The Labute approximate surface area is 159 Å². The van der Waals surface area contributed by atoms with E-state index < -0.39 is 0 Å². The van der Waals surface area contributed by atoms with Gasteiger partial charge in [-0.15, -0.1) is 11.3 Å². The average Bonchev–Trinajstić information content (AvgIpc) is 3.27. The van der Waals surface area contributed by atoms with Crippen LogP contribution in [0.25, 0.3) is 0 Å². The van der Waals surface area contributed by atoms with Crippen LogP contribution in [0, 0.1) is 18.3 Å². The van der Waals surface area contributed by atoms with E-state index in [2.05, 4.69) is 9.88 Å². The van der Waals surface area contributed by atoms with E-state index in [0.29, 0.717) is 24.9 Å². The Hall–Kier alpha value is -1.43. The maximum atomic E-state index is 13.3. The monoisotopic (exact) mass is 375 g/mol. The molecule has 1 aromatic rings. The first-order valence-corrected chi connectivity index (χ1v) is 11.0. The van der Waals surface area contributed by atoms with Crippen molar-refractivity contribution in [3.63, 3.8) is 0 Å². The number of carbonyl (C=O) groups excluding carboxylic acids is 2. The topological polar surface area (TPSA) is 53.5 Å². The van der Waals surface area contributed by atoms with Gasteiger partial charge in [-0.05, 0) is 44.9 Å². The smallest absolute Gasteiger partial charge is 0.265 e. The molecule has 1 spiro atoms. The summed E-state index contributed by atoms with van der Waals surface area (Å²) in [5, 5.41) is 0. The Kier molecular flexibility index (Phi) is 5.04. The van der Waals surface area contributed by atoms with Crippen molar-refractivity contribution in [3.8, 4) is 0 Å². The summed E-state index contributed by atoms with van der Waals surface area (Å²) in [6.45, 7) is 5.00. The molecule has 1 saturated carbocycles. The molecule has 1 unspecified atom stereocenters. The number of rotatable bonds is 3. The first-order valence-electron chi connectivity index (χ1n) is 10.1. The van der Waals surface area contributed by atoms with Gasteiger partial charge in [0.05, 0.1) is 16.6 Å². The number of aromatic nitrogens is 1. The number of hydrogen-bond donors (Lipinski definition) is 0. The van der Waals surface area contributed by atoms with E-state index in [1.165, 1.54) is 43.4 Å². The minimum atomic E-state index is -0.332. The van der Waals surface area contributed by atoms with Crippen molar-refractivity contribution in [1.29, 1.82) is 0 Å². The number of piperidine rings is 1. The lowest BCUT2D eigenvalue weighted by molar-refractivity contribution is -0.146.